The Morgan fingerprint density at radius 3 is 2.94 bits per heavy atom. The van der Waals surface area contributed by atoms with E-state index in [1.807, 2.05) is 25.1 Å². The first-order valence-electron chi connectivity index (χ1n) is 6.43. The van der Waals surface area contributed by atoms with Crippen molar-refractivity contribution in [3.8, 4) is 5.75 Å². The minimum absolute atomic E-state index is 0.223. The third kappa shape index (κ3) is 6.25. The molecule has 1 rings (SSSR count). The fraction of sp³-hybridized carbons (Fsp3) is 0.500. The number of hydrogen-bond donors (Lipinski definition) is 2. The van der Waals surface area contributed by atoms with Crippen LogP contribution in [0.4, 0.5) is 0 Å². The molecule has 4 heteroatoms. The smallest absolute Gasteiger partial charge is 0.217 e. The van der Waals surface area contributed by atoms with E-state index >= 15 is 0 Å². The molecule has 0 aliphatic rings. The van der Waals surface area contributed by atoms with E-state index in [-0.39, 0.29) is 5.91 Å². The van der Waals surface area contributed by atoms with Gasteiger partial charge in [-0.15, -0.1) is 0 Å². The van der Waals surface area contributed by atoms with Gasteiger partial charge in [-0.05, 0) is 44.0 Å². The predicted octanol–water partition coefficient (Wildman–Crippen LogP) is 1.83. The molecule has 1 aromatic rings. The minimum atomic E-state index is -0.223. The molecular formula is C14H22N2O2. The SMILES string of the molecule is CCOc1cccc(CNCCCCC(N)=O)c1. The maximum Gasteiger partial charge on any atom is 0.217 e. The number of carbonyl (C=O) groups excluding carboxylic acids is 1. The summed E-state index contributed by atoms with van der Waals surface area (Å²) in [4.78, 5) is 10.5. The number of carbonyl (C=O) groups is 1. The third-order valence-electron chi connectivity index (χ3n) is 2.57. The zero-order valence-electron chi connectivity index (χ0n) is 10.9. The molecule has 0 radical (unpaired) electrons. The molecule has 0 aromatic heterocycles. The Hall–Kier alpha value is -1.55. The highest BCUT2D eigenvalue weighted by molar-refractivity contribution is 5.73. The molecule has 0 spiro atoms. The van der Waals surface area contributed by atoms with Gasteiger partial charge in [-0.2, -0.15) is 0 Å². The van der Waals surface area contributed by atoms with Gasteiger partial charge in [0.1, 0.15) is 5.75 Å². The van der Waals surface area contributed by atoms with Crippen LogP contribution in [-0.4, -0.2) is 19.1 Å². The number of ether oxygens (including phenoxy) is 1. The van der Waals surface area contributed by atoms with Crippen molar-refractivity contribution in [2.75, 3.05) is 13.2 Å². The molecule has 0 atom stereocenters. The summed E-state index contributed by atoms with van der Waals surface area (Å²) >= 11 is 0. The highest BCUT2D eigenvalue weighted by atomic mass is 16.5. The number of primary amides is 1. The van der Waals surface area contributed by atoms with Gasteiger partial charge in [0.2, 0.25) is 5.91 Å². The van der Waals surface area contributed by atoms with E-state index in [9.17, 15) is 4.79 Å². The van der Waals surface area contributed by atoms with E-state index in [4.69, 9.17) is 10.5 Å². The number of amides is 1. The fourth-order valence-corrected chi connectivity index (χ4v) is 1.69. The van der Waals surface area contributed by atoms with E-state index in [0.717, 1.165) is 31.7 Å². The van der Waals surface area contributed by atoms with Crippen LogP contribution in [0.25, 0.3) is 0 Å². The molecule has 0 saturated carbocycles. The van der Waals surface area contributed by atoms with Gasteiger partial charge in [-0.1, -0.05) is 12.1 Å². The van der Waals surface area contributed by atoms with Crippen molar-refractivity contribution in [1.29, 1.82) is 0 Å². The number of hydrogen-bond acceptors (Lipinski definition) is 3. The number of rotatable bonds is 9. The summed E-state index contributed by atoms with van der Waals surface area (Å²) < 4.78 is 5.44. The third-order valence-corrected chi connectivity index (χ3v) is 2.57. The molecule has 0 heterocycles. The van der Waals surface area contributed by atoms with Crippen molar-refractivity contribution in [3.63, 3.8) is 0 Å². The molecule has 0 fully saturated rings. The lowest BCUT2D eigenvalue weighted by Crippen LogP contribution is -2.16. The normalized spacial score (nSPS) is 10.3. The van der Waals surface area contributed by atoms with Crippen LogP contribution in [-0.2, 0) is 11.3 Å². The molecule has 0 bridgehead atoms. The van der Waals surface area contributed by atoms with Crippen LogP contribution >= 0.6 is 0 Å². The van der Waals surface area contributed by atoms with Crippen LogP contribution in [0.2, 0.25) is 0 Å². The summed E-state index contributed by atoms with van der Waals surface area (Å²) in [6.07, 6.45) is 2.29. The average Bonchev–Trinajstić information content (AvgIpc) is 2.34. The Labute approximate surface area is 109 Å². The van der Waals surface area contributed by atoms with E-state index in [1.54, 1.807) is 0 Å². The first kappa shape index (κ1) is 14.5. The van der Waals surface area contributed by atoms with Gasteiger partial charge in [-0.3, -0.25) is 4.79 Å². The Kier molecular flexibility index (Phi) is 6.87. The van der Waals surface area contributed by atoms with Crippen molar-refractivity contribution in [2.45, 2.75) is 32.7 Å². The lowest BCUT2D eigenvalue weighted by Gasteiger charge is -2.07. The molecule has 3 N–H and O–H groups in total. The predicted molar refractivity (Wildman–Crippen MR) is 72.4 cm³/mol. The molecule has 1 aromatic carbocycles. The van der Waals surface area contributed by atoms with Crippen molar-refractivity contribution >= 4 is 5.91 Å². The Morgan fingerprint density at radius 2 is 2.22 bits per heavy atom. The Morgan fingerprint density at radius 1 is 1.39 bits per heavy atom. The number of unbranched alkanes of at least 4 members (excludes halogenated alkanes) is 1. The summed E-state index contributed by atoms with van der Waals surface area (Å²) in [5.74, 6) is 0.685. The number of nitrogens with two attached hydrogens (primary N) is 1. The summed E-state index contributed by atoms with van der Waals surface area (Å²) in [7, 11) is 0. The van der Waals surface area contributed by atoms with Gasteiger partial charge < -0.3 is 15.8 Å². The first-order valence-corrected chi connectivity index (χ1v) is 6.43. The average molecular weight is 250 g/mol. The van der Waals surface area contributed by atoms with Crippen LogP contribution < -0.4 is 15.8 Å². The fourth-order valence-electron chi connectivity index (χ4n) is 1.69. The van der Waals surface area contributed by atoms with Crippen LogP contribution in [0.1, 0.15) is 31.7 Å². The van der Waals surface area contributed by atoms with Crippen molar-refractivity contribution in [3.05, 3.63) is 29.8 Å². The van der Waals surface area contributed by atoms with Crippen LogP contribution in [0.5, 0.6) is 5.75 Å². The van der Waals surface area contributed by atoms with Gasteiger partial charge in [0.05, 0.1) is 6.61 Å². The standard InChI is InChI=1S/C14H22N2O2/c1-2-18-13-7-5-6-12(10-13)11-16-9-4-3-8-14(15)17/h5-7,10,16H,2-4,8-9,11H2,1H3,(H2,15,17). The molecule has 0 saturated heterocycles. The van der Waals surface area contributed by atoms with Crippen molar-refractivity contribution < 1.29 is 9.53 Å². The molecule has 18 heavy (non-hydrogen) atoms. The molecule has 4 nitrogen and oxygen atoms in total. The Bertz CT molecular complexity index is 367. The lowest BCUT2D eigenvalue weighted by atomic mass is 10.2. The van der Waals surface area contributed by atoms with Gasteiger partial charge >= 0.3 is 0 Å². The maximum atomic E-state index is 10.5. The summed E-state index contributed by atoms with van der Waals surface area (Å²) in [6, 6.07) is 8.06. The summed E-state index contributed by atoms with van der Waals surface area (Å²) in [6.45, 7) is 4.37. The monoisotopic (exact) mass is 250 g/mol. The Balaban J connectivity index is 2.18. The number of nitrogens with one attached hydrogen (secondary N) is 1. The van der Waals surface area contributed by atoms with Crippen LogP contribution in [0.3, 0.4) is 0 Å². The molecular weight excluding hydrogens is 228 g/mol. The van der Waals surface area contributed by atoms with Gasteiger partial charge in [0.25, 0.3) is 0 Å². The highest BCUT2D eigenvalue weighted by Gasteiger charge is 1.97. The lowest BCUT2D eigenvalue weighted by molar-refractivity contribution is -0.118. The van der Waals surface area contributed by atoms with E-state index in [0.29, 0.717) is 13.0 Å². The highest BCUT2D eigenvalue weighted by Crippen LogP contribution is 2.12. The molecule has 0 unspecified atom stereocenters. The largest absolute Gasteiger partial charge is 0.494 e. The molecule has 0 aliphatic carbocycles. The van der Waals surface area contributed by atoms with Gasteiger partial charge in [0, 0.05) is 13.0 Å². The second-order valence-electron chi connectivity index (χ2n) is 4.18. The van der Waals surface area contributed by atoms with Crippen molar-refractivity contribution in [2.24, 2.45) is 5.73 Å². The van der Waals surface area contributed by atoms with Crippen molar-refractivity contribution in [1.82, 2.24) is 5.32 Å². The second-order valence-corrected chi connectivity index (χ2v) is 4.18. The first-order chi connectivity index (χ1) is 8.72. The zero-order chi connectivity index (χ0) is 13.2. The summed E-state index contributed by atoms with van der Waals surface area (Å²) in [5, 5.41) is 3.34. The second kappa shape index (κ2) is 8.53. The van der Waals surface area contributed by atoms with Gasteiger partial charge in [0.15, 0.2) is 0 Å². The topological polar surface area (TPSA) is 64.3 Å². The van der Waals surface area contributed by atoms with E-state index in [2.05, 4.69) is 11.4 Å². The minimum Gasteiger partial charge on any atom is -0.494 e. The van der Waals surface area contributed by atoms with Crippen LogP contribution in [0, 0.1) is 0 Å². The number of benzene rings is 1. The summed E-state index contributed by atoms with van der Waals surface area (Å²) in [5.41, 5.74) is 6.27. The zero-order valence-corrected chi connectivity index (χ0v) is 10.9. The molecule has 0 aliphatic heterocycles. The van der Waals surface area contributed by atoms with Crippen LogP contribution in [0.15, 0.2) is 24.3 Å². The maximum absolute atomic E-state index is 10.5. The molecule has 100 valence electrons. The molecule has 1 amide bonds. The van der Waals surface area contributed by atoms with E-state index < -0.39 is 0 Å². The van der Waals surface area contributed by atoms with Gasteiger partial charge in [-0.25, -0.2) is 0 Å². The quantitative estimate of drug-likeness (QED) is 0.657. The van der Waals surface area contributed by atoms with E-state index in [1.165, 1.54) is 5.56 Å².